The molecule has 1 aliphatic heterocycles. The number of carbonyl (C=O) groups is 2. The van der Waals surface area contributed by atoms with E-state index >= 15 is 0 Å². The second-order valence-corrected chi connectivity index (χ2v) is 4.65. The Kier molecular flexibility index (Phi) is 5.37. The third-order valence-electron chi connectivity index (χ3n) is 3.07. The second kappa shape index (κ2) is 7.47. The highest BCUT2D eigenvalue weighted by molar-refractivity contribution is 5.91. The fourth-order valence-electron chi connectivity index (χ4n) is 2.06. The van der Waals surface area contributed by atoms with Crippen molar-refractivity contribution in [2.75, 3.05) is 19.8 Å². The van der Waals surface area contributed by atoms with Gasteiger partial charge in [0.15, 0.2) is 0 Å². The summed E-state index contributed by atoms with van der Waals surface area (Å²) in [6.45, 7) is 3.10. The van der Waals surface area contributed by atoms with Crippen molar-refractivity contribution in [3.63, 3.8) is 0 Å². The first-order valence-electron chi connectivity index (χ1n) is 7.06. The van der Waals surface area contributed by atoms with Crippen LogP contribution in [0.1, 0.15) is 24.5 Å². The fourth-order valence-corrected chi connectivity index (χ4v) is 2.06. The molecule has 5 heteroatoms. The van der Waals surface area contributed by atoms with Gasteiger partial charge in [-0.2, -0.15) is 0 Å². The molecule has 21 heavy (non-hydrogen) atoms. The molecule has 1 amide bonds. The molecule has 0 saturated carbocycles. The van der Waals surface area contributed by atoms with E-state index < -0.39 is 0 Å². The number of rotatable bonds is 6. The van der Waals surface area contributed by atoms with E-state index in [9.17, 15) is 9.59 Å². The Morgan fingerprint density at radius 3 is 3.10 bits per heavy atom. The average Bonchev–Trinajstić information content (AvgIpc) is 2.93. The summed E-state index contributed by atoms with van der Waals surface area (Å²) >= 11 is 0. The minimum atomic E-state index is -0.305. The lowest BCUT2D eigenvalue weighted by atomic mass is 10.1. The average molecular weight is 289 g/mol. The lowest BCUT2D eigenvalue weighted by molar-refractivity contribution is -0.142. The van der Waals surface area contributed by atoms with Gasteiger partial charge in [0.05, 0.1) is 19.6 Å². The van der Waals surface area contributed by atoms with Gasteiger partial charge in [-0.15, -0.1) is 0 Å². The van der Waals surface area contributed by atoms with Crippen molar-refractivity contribution in [2.45, 2.75) is 19.8 Å². The molecule has 0 aliphatic carbocycles. The van der Waals surface area contributed by atoms with Gasteiger partial charge >= 0.3 is 5.97 Å². The third-order valence-corrected chi connectivity index (χ3v) is 3.07. The van der Waals surface area contributed by atoms with E-state index in [1.807, 2.05) is 18.2 Å². The first kappa shape index (κ1) is 15.1. The van der Waals surface area contributed by atoms with Crippen LogP contribution in [0.25, 0.3) is 6.08 Å². The summed E-state index contributed by atoms with van der Waals surface area (Å²) in [5, 5.41) is 2.64. The summed E-state index contributed by atoms with van der Waals surface area (Å²) in [5.41, 5.74) is 2.12. The van der Waals surface area contributed by atoms with Crippen LogP contribution < -0.4 is 10.1 Å². The summed E-state index contributed by atoms with van der Waals surface area (Å²) in [5.74, 6) is 0.391. The van der Waals surface area contributed by atoms with Crippen molar-refractivity contribution in [1.29, 1.82) is 0 Å². The highest BCUT2D eigenvalue weighted by atomic mass is 16.5. The van der Waals surface area contributed by atoms with E-state index in [4.69, 9.17) is 9.47 Å². The summed E-state index contributed by atoms with van der Waals surface area (Å²) in [6.07, 6.45) is 4.30. The van der Waals surface area contributed by atoms with Crippen LogP contribution in [-0.4, -0.2) is 31.6 Å². The molecule has 112 valence electrons. The Balaban J connectivity index is 1.78. The van der Waals surface area contributed by atoms with Crippen LogP contribution in [0.2, 0.25) is 0 Å². The largest absolute Gasteiger partial charge is 0.493 e. The number of nitrogens with one attached hydrogen (secondary N) is 1. The van der Waals surface area contributed by atoms with Crippen LogP contribution in [0.5, 0.6) is 5.75 Å². The van der Waals surface area contributed by atoms with Gasteiger partial charge in [0.25, 0.3) is 0 Å². The normalized spacial score (nSPS) is 12.8. The van der Waals surface area contributed by atoms with Crippen molar-refractivity contribution in [3.05, 3.63) is 35.4 Å². The van der Waals surface area contributed by atoms with Crippen LogP contribution in [0.4, 0.5) is 0 Å². The number of hydrogen-bond acceptors (Lipinski definition) is 4. The summed E-state index contributed by atoms with van der Waals surface area (Å²) in [4.78, 5) is 22.7. The quantitative estimate of drug-likeness (QED) is 0.639. The number of ether oxygens (including phenoxy) is 2. The molecule has 1 heterocycles. The molecule has 1 aliphatic rings. The van der Waals surface area contributed by atoms with Gasteiger partial charge < -0.3 is 14.8 Å². The maximum absolute atomic E-state index is 11.6. The standard InChI is InChI=1S/C16H19NO4/c1-2-20-16(19)7-9-17-15(18)6-4-12-3-5-14-13(11-12)8-10-21-14/h3-6,11H,2,7-10H2,1H3,(H,17,18). The van der Waals surface area contributed by atoms with Crippen molar-refractivity contribution in [3.8, 4) is 5.75 Å². The van der Waals surface area contributed by atoms with Crippen LogP contribution in [-0.2, 0) is 20.7 Å². The Hall–Kier alpha value is -2.30. The van der Waals surface area contributed by atoms with Gasteiger partial charge in [-0.3, -0.25) is 9.59 Å². The molecule has 1 aromatic carbocycles. The Morgan fingerprint density at radius 2 is 2.29 bits per heavy atom. The van der Waals surface area contributed by atoms with E-state index in [2.05, 4.69) is 5.32 Å². The second-order valence-electron chi connectivity index (χ2n) is 4.65. The van der Waals surface area contributed by atoms with Crippen LogP contribution in [0.3, 0.4) is 0 Å². The molecule has 0 fully saturated rings. The highest BCUT2D eigenvalue weighted by Gasteiger charge is 2.11. The predicted molar refractivity (Wildman–Crippen MR) is 78.9 cm³/mol. The molecule has 1 aromatic rings. The van der Waals surface area contributed by atoms with Gasteiger partial charge in [0.2, 0.25) is 5.91 Å². The number of carbonyl (C=O) groups excluding carboxylic acids is 2. The van der Waals surface area contributed by atoms with E-state index in [-0.39, 0.29) is 24.8 Å². The predicted octanol–water partition coefficient (Wildman–Crippen LogP) is 1.70. The van der Waals surface area contributed by atoms with Crippen LogP contribution in [0.15, 0.2) is 24.3 Å². The van der Waals surface area contributed by atoms with E-state index in [1.165, 1.54) is 11.6 Å². The molecule has 2 rings (SSSR count). The van der Waals surface area contributed by atoms with Crippen LogP contribution in [0, 0.1) is 0 Å². The van der Waals surface area contributed by atoms with E-state index in [1.54, 1.807) is 13.0 Å². The molecular weight excluding hydrogens is 270 g/mol. The van der Waals surface area contributed by atoms with Gasteiger partial charge in [0, 0.05) is 19.0 Å². The summed E-state index contributed by atoms with van der Waals surface area (Å²) in [7, 11) is 0. The van der Waals surface area contributed by atoms with Gasteiger partial charge in [-0.25, -0.2) is 0 Å². The van der Waals surface area contributed by atoms with Crippen molar-refractivity contribution >= 4 is 18.0 Å². The lowest BCUT2D eigenvalue weighted by Gasteiger charge is -2.02. The minimum Gasteiger partial charge on any atom is -0.493 e. The zero-order valence-electron chi connectivity index (χ0n) is 12.1. The van der Waals surface area contributed by atoms with Gasteiger partial charge in [-0.1, -0.05) is 6.07 Å². The van der Waals surface area contributed by atoms with Crippen molar-refractivity contribution in [1.82, 2.24) is 5.32 Å². The molecule has 5 nitrogen and oxygen atoms in total. The van der Waals surface area contributed by atoms with Gasteiger partial charge in [-0.05, 0) is 36.3 Å². The number of benzene rings is 1. The zero-order chi connectivity index (χ0) is 15.1. The monoisotopic (exact) mass is 289 g/mol. The number of amides is 1. The number of esters is 1. The van der Waals surface area contributed by atoms with Crippen molar-refractivity contribution < 1.29 is 19.1 Å². The smallest absolute Gasteiger partial charge is 0.307 e. The fraction of sp³-hybridized carbons (Fsp3) is 0.375. The molecular formula is C16H19NO4. The van der Waals surface area contributed by atoms with E-state index in [0.717, 1.165) is 24.3 Å². The zero-order valence-corrected chi connectivity index (χ0v) is 12.1. The molecule has 0 unspecified atom stereocenters. The molecule has 0 radical (unpaired) electrons. The molecule has 0 saturated heterocycles. The Morgan fingerprint density at radius 1 is 1.43 bits per heavy atom. The first-order valence-corrected chi connectivity index (χ1v) is 7.06. The maximum atomic E-state index is 11.6. The van der Waals surface area contributed by atoms with Gasteiger partial charge in [0.1, 0.15) is 5.75 Å². The highest BCUT2D eigenvalue weighted by Crippen LogP contribution is 2.26. The molecule has 0 atom stereocenters. The summed E-state index contributed by atoms with van der Waals surface area (Å²) in [6, 6.07) is 5.85. The van der Waals surface area contributed by atoms with Crippen LogP contribution >= 0.6 is 0 Å². The third kappa shape index (κ3) is 4.63. The Labute approximate surface area is 123 Å². The number of fused-ring (bicyclic) bond motifs is 1. The molecule has 1 N–H and O–H groups in total. The van der Waals surface area contributed by atoms with Crippen molar-refractivity contribution in [2.24, 2.45) is 0 Å². The topological polar surface area (TPSA) is 64.6 Å². The maximum Gasteiger partial charge on any atom is 0.307 e. The number of hydrogen-bond donors (Lipinski definition) is 1. The first-order chi connectivity index (χ1) is 10.2. The SMILES string of the molecule is CCOC(=O)CCNC(=O)C=Cc1ccc2c(c1)CCO2. The molecule has 0 aromatic heterocycles. The summed E-state index contributed by atoms with van der Waals surface area (Å²) < 4.78 is 10.2. The van der Waals surface area contributed by atoms with E-state index in [0.29, 0.717) is 6.61 Å². The molecule has 0 bridgehead atoms. The lowest BCUT2D eigenvalue weighted by Crippen LogP contribution is -2.24. The molecule has 0 spiro atoms. The Bertz CT molecular complexity index is 551. The minimum absolute atomic E-state index is 0.184.